The van der Waals surface area contributed by atoms with Gasteiger partial charge in [0.15, 0.2) is 0 Å². The Labute approximate surface area is 270 Å². The standard InChI is InChI=1S/C40H36N2O4/c1-43-37-21-13-33(14-22-37)41(34-15-23-38(44-2)24-16-34)31-9-5-29(6-10-31)30-7-11-32(12-8-30)42(35-17-25-39(45-3)26-18-35)36-19-27-40(46-4)28-20-36/h5-28H,1-4H3. The van der Waals surface area contributed by atoms with Gasteiger partial charge in [-0.3, -0.25) is 0 Å². The van der Waals surface area contributed by atoms with Gasteiger partial charge in [0.1, 0.15) is 23.0 Å². The van der Waals surface area contributed by atoms with Crippen molar-refractivity contribution < 1.29 is 18.9 Å². The van der Waals surface area contributed by atoms with E-state index in [2.05, 4.69) is 107 Å². The third-order valence-corrected chi connectivity index (χ3v) is 7.91. The van der Waals surface area contributed by atoms with Crippen molar-refractivity contribution in [3.63, 3.8) is 0 Å². The number of hydrogen-bond acceptors (Lipinski definition) is 6. The van der Waals surface area contributed by atoms with Gasteiger partial charge in [-0.2, -0.15) is 0 Å². The molecule has 230 valence electrons. The van der Waals surface area contributed by atoms with Crippen LogP contribution in [0.1, 0.15) is 0 Å². The zero-order valence-corrected chi connectivity index (χ0v) is 26.4. The zero-order valence-electron chi connectivity index (χ0n) is 26.4. The SMILES string of the molecule is COc1ccc(N(c2ccc(OC)cc2)c2ccc(-c3ccc(N(c4ccc(OC)cc4)c4ccc(OC)cc4)cc3)cc2)cc1. The number of hydrogen-bond donors (Lipinski definition) is 0. The summed E-state index contributed by atoms with van der Waals surface area (Å²) in [5.74, 6) is 3.26. The highest BCUT2D eigenvalue weighted by Gasteiger charge is 2.15. The lowest BCUT2D eigenvalue weighted by molar-refractivity contribution is 0.414. The van der Waals surface area contributed by atoms with Crippen LogP contribution in [0.2, 0.25) is 0 Å². The maximum absolute atomic E-state index is 5.40. The van der Waals surface area contributed by atoms with E-state index < -0.39 is 0 Å². The van der Waals surface area contributed by atoms with Gasteiger partial charge in [0.25, 0.3) is 0 Å². The minimum atomic E-state index is 0.815. The summed E-state index contributed by atoms with van der Waals surface area (Å²) in [5.41, 5.74) is 8.45. The van der Waals surface area contributed by atoms with Crippen LogP contribution >= 0.6 is 0 Å². The quantitative estimate of drug-likeness (QED) is 0.146. The van der Waals surface area contributed by atoms with Gasteiger partial charge in [-0.15, -0.1) is 0 Å². The smallest absolute Gasteiger partial charge is 0.119 e. The highest BCUT2D eigenvalue weighted by Crippen LogP contribution is 2.39. The van der Waals surface area contributed by atoms with Gasteiger partial charge >= 0.3 is 0 Å². The van der Waals surface area contributed by atoms with E-state index in [1.54, 1.807) is 28.4 Å². The Morgan fingerprint density at radius 2 is 0.435 bits per heavy atom. The van der Waals surface area contributed by atoms with E-state index in [-0.39, 0.29) is 0 Å². The number of rotatable bonds is 11. The molecule has 0 aliphatic carbocycles. The highest BCUT2D eigenvalue weighted by molar-refractivity contribution is 5.81. The van der Waals surface area contributed by atoms with Crippen LogP contribution in [0, 0.1) is 0 Å². The van der Waals surface area contributed by atoms with Crippen molar-refractivity contribution in [1.82, 2.24) is 0 Å². The molecule has 0 heterocycles. The van der Waals surface area contributed by atoms with Crippen LogP contribution in [0.5, 0.6) is 23.0 Å². The summed E-state index contributed by atoms with van der Waals surface area (Å²) < 4.78 is 21.6. The summed E-state index contributed by atoms with van der Waals surface area (Å²) in [6, 6.07) is 49.6. The first-order valence-corrected chi connectivity index (χ1v) is 15.0. The Morgan fingerprint density at radius 3 is 0.609 bits per heavy atom. The van der Waals surface area contributed by atoms with Crippen LogP contribution in [0.15, 0.2) is 146 Å². The average Bonchev–Trinajstić information content (AvgIpc) is 3.13. The molecule has 0 spiro atoms. The Bertz CT molecular complexity index is 1600. The maximum atomic E-state index is 5.40. The van der Waals surface area contributed by atoms with Gasteiger partial charge in [0, 0.05) is 34.1 Å². The van der Waals surface area contributed by atoms with Gasteiger partial charge in [-0.05, 0) is 132 Å². The molecule has 6 rings (SSSR count). The van der Waals surface area contributed by atoms with E-state index in [0.717, 1.165) is 68.2 Å². The first-order valence-electron chi connectivity index (χ1n) is 15.0. The number of ether oxygens (including phenoxy) is 4. The van der Waals surface area contributed by atoms with Gasteiger partial charge in [-0.1, -0.05) is 24.3 Å². The molecular weight excluding hydrogens is 572 g/mol. The van der Waals surface area contributed by atoms with E-state index in [1.807, 2.05) is 48.5 Å². The zero-order chi connectivity index (χ0) is 31.9. The second kappa shape index (κ2) is 13.8. The number of benzene rings is 6. The molecular formula is C40H36N2O4. The molecule has 46 heavy (non-hydrogen) atoms. The lowest BCUT2D eigenvalue weighted by atomic mass is 10.0. The van der Waals surface area contributed by atoms with Crippen molar-refractivity contribution in [2.24, 2.45) is 0 Å². The Balaban J connectivity index is 1.31. The Morgan fingerprint density at radius 1 is 0.261 bits per heavy atom. The van der Waals surface area contributed by atoms with Gasteiger partial charge in [0.2, 0.25) is 0 Å². The van der Waals surface area contributed by atoms with E-state index in [1.165, 1.54) is 0 Å². The van der Waals surface area contributed by atoms with Gasteiger partial charge in [-0.25, -0.2) is 0 Å². The molecule has 0 fully saturated rings. The number of nitrogens with zero attached hydrogens (tertiary/aromatic N) is 2. The minimum absolute atomic E-state index is 0.815. The molecule has 6 heteroatoms. The highest BCUT2D eigenvalue weighted by atomic mass is 16.5. The molecule has 0 saturated heterocycles. The summed E-state index contributed by atoms with van der Waals surface area (Å²) in [6.07, 6.45) is 0. The molecule has 0 amide bonds. The lowest BCUT2D eigenvalue weighted by Crippen LogP contribution is -2.10. The molecule has 0 saturated carbocycles. The maximum Gasteiger partial charge on any atom is 0.119 e. The molecule has 6 aromatic carbocycles. The van der Waals surface area contributed by atoms with Crippen LogP contribution in [0.4, 0.5) is 34.1 Å². The predicted octanol–water partition coefficient (Wildman–Crippen LogP) is 10.3. The summed E-state index contributed by atoms with van der Waals surface area (Å²) >= 11 is 0. The summed E-state index contributed by atoms with van der Waals surface area (Å²) in [7, 11) is 6.71. The summed E-state index contributed by atoms with van der Waals surface area (Å²) in [6.45, 7) is 0. The fraction of sp³-hybridized carbons (Fsp3) is 0.100. The normalized spacial score (nSPS) is 10.6. The van der Waals surface area contributed by atoms with E-state index >= 15 is 0 Å². The van der Waals surface area contributed by atoms with E-state index in [9.17, 15) is 0 Å². The first kappa shape index (κ1) is 30.2. The Kier molecular flexibility index (Phi) is 9.07. The minimum Gasteiger partial charge on any atom is -0.497 e. The summed E-state index contributed by atoms with van der Waals surface area (Å²) in [4.78, 5) is 4.43. The topological polar surface area (TPSA) is 43.4 Å². The molecule has 6 nitrogen and oxygen atoms in total. The monoisotopic (exact) mass is 608 g/mol. The van der Waals surface area contributed by atoms with Crippen LogP contribution in [0.3, 0.4) is 0 Å². The molecule has 0 N–H and O–H groups in total. The number of anilines is 6. The molecule has 0 radical (unpaired) electrons. The van der Waals surface area contributed by atoms with Crippen LogP contribution in [-0.4, -0.2) is 28.4 Å². The van der Waals surface area contributed by atoms with E-state index in [0.29, 0.717) is 0 Å². The molecule has 0 aromatic heterocycles. The molecule has 0 unspecified atom stereocenters. The fourth-order valence-corrected chi connectivity index (χ4v) is 5.43. The van der Waals surface area contributed by atoms with E-state index in [4.69, 9.17) is 18.9 Å². The molecule has 0 bridgehead atoms. The first-order chi connectivity index (χ1) is 22.6. The third-order valence-electron chi connectivity index (χ3n) is 7.91. The third kappa shape index (κ3) is 6.47. The molecule has 0 aliphatic heterocycles. The second-order valence-electron chi connectivity index (χ2n) is 10.6. The van der Waals surface area contributed by atoms with Gasteiger partial charge < -0.3 is 28.7 Å². The largest absolute Gasteiger partial charge is 0.497 e. The van der Waals surface area contributed by atoms with Crippen molar-refractivity contribution in [2.45, 2.75) is 0 Å². The average molecular weight is 609 g/mol. The van der Waals surface area contributed by atoms with Crippen molar-refractivity contribution in [1.29, 1.82) is 0 Å². The van der Waals surface area contributed by atoms with Crippen molar-refractivity contribution in [2.75, 3.05) is 38.2 Å². The van der Waals surface area contributed by atoms with Crippen LogP contribution in [-0.2, 0) is 0 Å². The fourth-order valence-electron chi connectivity index (χ4n) is 5.43. The second-order valence-corrected chi connectivity index (χ2v) is 10.6. The van der Waals surface area contributed by atoms with Crippen molar-refractivity contribution in [3.8, 4) is 34.1 Å². The molecule has 0 aliphatic rings. The molecule has 0 atom stereocenters. The van der Waals surface area contributed by atoms with Gasteiger partial charge in [0.05, 0.1) is 28.4 Å². The van der Waals surface area contributed by atoms with Crippen LogP contribution < -0.4 is 28.7 Å². The summed E-state index contributed by atoms with van der Waals surface area (Å²) in [5, 5.41) is 0. The molecule has 6 aromatic rings. The Hall–Kier alpha value is -5.88. The predicted molar refractivity (Wildman–Crippen MR) is 187 cm³/mol. The van der Waals surface area contributed by atoms with Crippen molar-refractivity contribution >= 4 is 34.1 Å². The number of methoxy groups -OCH3 is 4. The lowest BCUT2D eigenvalue weighted by Gasteiger charge is -2.26. The van der Waals surface area contributed by atoms with Crippen molar-refractivity contribution in [3.05, 3.63) is 146 Å². The van der Waals surface area contributed by atoms with Crippen LogP contribution in [0.25, 0.3) is 11.1 Å².